The van der Waals surface area contributed by atoms with Crippen molar-refractivity contribution in [3.63, 3.8) is 0 Å². The van der Waals surface area contributed by atoms with Crippen LogP contribution in [0.1, 0.15) is 20.9 Å². The van der Waals surface area contributed by atoms with E-state index in [9.17, 15) is 4.79 Å². The molecular formula is C11H11N3O2S. The molecule has 0 aromatic carbocycles. The summed E-state index contributed by atoms with van der Waals surface area (Å²) in [5.74, 6) is -0.982. The fourth-order valence-electron chi connectivity index (χ4n) is 1.39. The van der Waals surface area contributed by atoms with E-state index in [2.05, 4.69) is 15.3 Å². The van der Waals surface area contributed by atoms with Crippen LogP contribution in [0.2, 0.25) is 0 Å². The van der Waals surface area contributed by atoms with Gasteiger partial charge in [0.15, 0.2) is 0 Å². The fraction of sp³-hybridized carbons (Fsp3) is 0.182. The molecule has 0 aliphatic rings. The highest BCUT2D eigenvalue weighted by molar-refractivity contribution is 7.09. The van der Waals surface area contributed by atoms with Crippen LogP contribution in [0.15, 0.2) is 24.0 Å². The van der Waals surface area contributed by atoms with E-state index in [-0.39, 0.29) is 5.56 Å². The summed E-state index contributed by atoms with van der Waals surface area (Å²) in [5, 5.41) is 12.1. The summed E-state index contributed by atoms with van der Waals surface area (Å²) in [6.45, 7) is 2.39. The number of rotatable bonds is 4. The molecule has 6 heteroatoms. The van der Waals surface area contributed by atoms with Crippen molar-refractivity contribution in [2.75, 3.05) is 5.32 Å². The average molecular weight is 249 g/mol. The molecule has 2 rings (SSSR count). The van der Waals surface area contributed by atoms with Gasteiger partial charge < -0.3 is 10.4 Å². The number of hydrogen-bond donors (Lipinski definition) is 2. The Bertz CT molecular complexity index is 526. The number of nitrogens with zero attached hydrogens (tertiary/aromatic N) is 2. The average Bonchev–Trinajstić information content (AvgIpc) is 2.78. The molecule has 2 aromatic rings. The Balaban J connectivity index is 2.19. The first-order valence-corrected chi connectivity index (χ1v) is 5.86. The highest BCUT2D eigenvalue weighted by Gasteiger charge is 2.10. The van der Waals surface area contributed by atoms with Crippen molar-refractivity contribution in [2.45, 2.75) is 13.5 Å². The molecule has 0 saturated heterocycles. The molecule has 0 amide bonds. The third kappa shape index (κ3) is 2.79. The number of carboxylic acids is 1. The van der Waals surface area contributed by atoms with Gasteiger partial charge in [0.2, 0.25) is 0 Å². The molecule has 17 heavy (non-hydrogen) atoms. The third-order valence-corrected chi connectivity index (χ3v) is 2.99. The lowest BCUT2D eigenvalue weighted by Crippen LogP contribution is -2.07. The van der Waals surface area contributed by atoms with Gasteiger partial charge >= 0.3 is 5.97 Å². The summed E-state index contributed by atoms with van der Waals surface area (Å²) in [6.07, 6.45) is 3.12. The van der Waals surface area contributed by atoms with Crippen molar-refractivity contribution in [3.05, 3.63) is 40.1 Å². The molecule has 5 nitrogen and oxygen atoms in total. The van der Waals surface area contributed by atoms with Crippen molar-refractivity contribution >= 4 is 23.0 Å². The van der Waals surface area contributed by atoms with Crippen LogP contribution in [0.3, 0.4) is 0 Å². The Hall–Kier alpha value is -1.95. The zero-order chi connectivity index (χ0) is 12.3. The first-order valence-electron chi connectivity index (χ1n) is 4.98. The number of aromatic nitrogens is 2. The van der Waals surface area contributed by atoms with Gasteiger partial charge in [-0.05, 0) is 13.0 Å². The predicted molar refractivity (Wildman–Crippen MR) is 65.4 cm³/mol. The minimum Gasteiger partial charge on any atom is -0.478 e. The Morgan fingerprint density at radius 2 is 2.35 bits per heavy atom. The highest BCUT2D eigenvalue weighted by atomic mass is 32.1. The lowest BCUT2D eigenvalue weighted by molar-refractivity contribution is 0.0697. The van der Waals surface area contributed by atoms with E-state index in [1.54, 1.807) is 17.8 Å². The third-order valence-electron chi connectivity index (χ3n) is 2.21. The summed E-state index contributed by atoms with van der Waals surface area (Å²) in [6, 6.07) is 1.73. The summed E-state index contributed by atoms with van der Waals surface area (Å²) in [7, 11) is 0. The SMILES string of the molecule is Cc1cc(NCc2cncs2)c(C(=O)O)cn1. The normalized spacial score (nSPS) is 10.2. The molecule has 0 aliphatic heterocycles. The molecule has 0 atom stereocenters. The molecule has 0 fully saturated rings. The number of pyridine rings is 1. The van der Waals surface area contributed by atoms with Gasteiger partial charge in [-0.3, -0.25) is 9.97 Å². The Kier molecular flexibility index (Phi) is 3.34. The minimum absolute atomic E-state index is 0.181. The molecule has 0 aliphatic carbocycles. The van der Waals surface area contributed by atoms with Gasteiger partial charge in [0, 0.05) is 23.0 Å². The van der Waals surface area contributed by atoms with Crippen LogP contribution < -0.4 is 5.32 Å². The lowest BCUT2D eigenvalue weighted by Gasteiger charge is -2.08. The van der Waals surface area contributed by atoms with Crippen LogP contribution in [-0.2, 0) is 6.54 Å². The summed E-state index contributed by atoms with van der Waals surface area (Å²) < 4.78 is 0. The number of carboxylic acid groups (broad SMARTS) is 1. The molecular weight excluding hydrogens is 238 g/mol. The number of thiazole rings is 1. The van der Waals surface area contributed by atoms with Crippen LogP contribution >= 0.6 is 11.3 Å². The summed E-state index contributed by atoms with van der Waals surface area (Å²) in [4.78, 5) is 20.0. The number of aromatic carboxylic acids is 1. The van der Waals surface area contributed by atoms with Crippen LogP contribution in [-0.4, -0.2) is 21.0 Å². The molecule has 2 N–H and O–H groups in total. The molecule has 0 unspecified atom stereocenters. The standard InChI is InChI=1S/C11H11N3O2S/c1-7-2-10(9(5-13-7)11(15)16)14-4-8-3-12-6-17-8/h2-3,5-6H,4H2,1H3,(H,13,14)(H,15,16). The summed E-state index contributed by atoms with van der Waals surface area (Å²) >= 11 is 1.52. The number of carbonyl (C=O) groups is 1. The number of anilines is 1. The monoisotopic (exact) mass is 249 g/mol. The van der Waals surface area contributed by atoms with E-state index in [0.717, 1.165) is 10.6 Å². The summed E-state index contributed by atoms with van der Waals surface area (Å²) in [5.41, 5.74) is 3.28. The first kappa shape index (κ1) is 11.5. The van der Waals surface area contributed by atoms with Crippen molar-refractivity contribution in [3.8, 4) is 0 Å². The number of aryl methyl sites for hydroxylation is 1. The van der Waals surface area contributed by atoms with E-state index in [0.29, 0.717) is 12.2 Å². The Morgan fingerprint density at radius 3 is 3.00 bits per heavy atom. The fourth-order valence-corrected chi connectivity index (χ4v) is 1.92. The van der Waals surface area contributed by atoms with Gasteiger partial charge in [-0.2, -0.15) is 0 Å². The second kappa shape index (κ2) is 4.92. The zero-order valence-corrected chi connectivity index (χ0v) is 9.99. The van der Waals surface area contributed by atoms with Gasteiger partial charge in [-0.25, -0.2) is 4.79 Å². The number of hydrogen-bond acceptors (Lipinski definition) is 5. The minimum atomic E-state index is -0.982. The van der Waals surface area contributed by atoms with Crippen molar-refractivity contribution in [2.24, 2.45) is 0 Å². The molecule has 2 heterocycles. The van der Waals surface area contributed by atoms with Gasteiger partial charge in [-0.15, -0.1) is 11.3 Å². The second-order valence-corrected chi connectivity index (χ2v) is 4.47. The van der Waals surface area contributed by atoms with Crippen LogP contribution in [0, 0.1) is 6.92 Å². The highest BCUT2D eigenvalue weighted by Crippen LogP contribution is 2.17. The second-order valence-electron chi connectivity index (χ2n) is 3.50. The molecule has 0 saturated carbocycles. The maximum Gasteiger partial charge on any atom is 0.339 e. The van der Waals surface area contributed by atoms with Gasteiger partial charge in [-0.1, -0.05) is 0 Å². The topological polar surface area (TPSA) is 75.1 Å². The van der Waals surface area contributed by atoms with Crippen molar-refractivity contribution in [1.82, 2.24) is 9.97 Å². The molecule has 0 radical (unpaired) electrons. The predicted octanol–water partition coefficient (Wildman–Crippen LogP) is 2.16. The molecule has 2 aromatic heterocycles. The smallest absolute Gasteiger partial charge is 0.339 e. The maximum atomic E-state index is 11.0. The number of nitrogens with one attached hydrogen (secondary N) is 1. The van der Waals surface area contributed by atoms with E-state index < -0.39 is 5.97 Å². The van der Waals surface area contributed by atoms with E-state index in [4.69, 9.17) is 5.11 Å². The Morgan fingerprint density at radius 1 is 1.53 bits per heavy atom. The molecule has 0 bridgehead atoms. The van der Waals surface area contributed by atoms with Gasteiger partial charge in [0.25, 0.3) is 0 Å². The quantitative estimate of drug-likeness (QED) is 0.868. The zero-order valence-electron chi connectivity index (χ0n) is 9.17. The van der Waals surface area contributed by atoms with E-state index in [1.165, 1.54) is 17.5 Å². The van der Waals surface area contributed by atoms with Crippen LogP contribution in [0.25, 0.3) is 0 Å². The van der Waals surface area contributed by atoms with E-state index >= 15 is 0 Å². The van der Waals surface area contributed by atoms with Crippen molar-refractivity contribution < 1.29 is 9.90 Å². The van der Waals surface area contributed by atoms with Gasteiger partial charge in [0.05, 0.1) is 17.7 Å². The first-order chi connectivity index (χ1) is 8.16. The molecule has 0 spiro atoms. The van der Waals surface area contributed by atoms with Crippen LogP contribution in [0.4, 0.5) is 5.69 Å². The van der Waals surface area contributed by atoms with E-state index in [1.807, 2.05) is 6.92 Å². The lowest BCUT2D eigenvalue weighted by atomic mass is 10.2. The molecule has 88 valence electrons. The Labute approximate surface area is 102 Å². The van der Waals surface area contributed by atoms with Crippen molar-refractivity contribution in [1.29, 1.82) is 0 Å². The largest absolute Gasteiger partial charge is 0.478 e. The maximum absolute atomic E-state index is 11.0. The van der Waals surface area contributed by atoms with Crippen LogP contribution in [0.5, 0.6) is 0 Å². The van der Waals surface area contributed by atoms with Gasteiger partial charge in [0.1, 0.15) is 5.56 Å².